The van der Waals surface area contributed by atoms with Crippen molar-refractivity contribution in [2.24, 2.45) is 0 Å². The Labute approximate surface area is 120 Å². The van der Waals surface area contributed by atoms with Gasteiger partial charge in [-0.25, -0.2) is 4.68 Å². The van der Waals surface area contributed by atoms with Crippen LogP contribution in [0.2, 0.25) is 0 Å². The molecule has 1 aromatic carbocycles. The molecule has 1 aliphatic carbocycles. The molecule has 1 aromatic heterocycles. The molecule has 1 heterocycles. The summed E-state index contributed by atoms with van der Waals surface area (Å²) < 4.78 is 1.91. The average molecular weight is 290 g/mol. The van der Waals surface area contributed by atoms with Gasteiger partial charge in [-0.3, -0.25) is 4.79 Å². The van der Waals surface area contributed by atoms with Gasteiger partial charge in [-0.2, -0.15) is 0 Å². The zero-order chi connectivity index (χ0) is 13.9. The van der Waals surface area contributed by atoms with Gasteiger partial charge < -0.3 is 5.11 Å². The molecule has 0 atom stereocenters. The molecule has 0 bridgehead atoms. The molecule has 0 aliphatic heterocycles. The lowest BCUT2D eigenvalue weighted by Crippen LogP contribution is -2.02. The maximum atomic E-state index is 10.6. The molecule has 2 aromatic rings. The Morgan fingerprint density at radius 1 is 1.35 bits per heavy atom. The van der Waals surface area contributed by atoms with Crippen molar-refractivity contribution in [2.45, 2.75) is 36.0 Å². The molecule has 0 unspecified atom stereocenters. The van der Waals surface area contributed by atoms with Crippen LogP contribution >= 0.6 is 11.8 Å². The fraction of sp³-hybridized carbons (Fsp3) is 0.385. The van der Waals surface area contributed by atoms with Crippen LogP contribution in [0.4, 0.5) is 0 Å². The number of benzene rings is 1. The van der Waals surface area contributed by atoms with E-state index in [1.165, 1.54) is 0 Å². The summed E-state index contributed by atoms with van der Waals surface area (Å²) in [4.78, 5) is 11.7. The van der Waals surface area contributed by atoms with Crippen molar-refractivity contribution in [3.05, 3.63) is 35.7 Å². The first-order valence-corrected chi connectivity index (χ1v) is 7.41. The number of hydrogen-bond donors (Lipinski definition) is 1. The molecule has 20 heavy (non-hydrogen) atoms. The Balaban J connectivity index is 1.60. The van der Waals surface area contributed by atoms with Crippen LogP contribution in [0.1, 0.15) is 30.3 Å². The van der Waals surface area contributed by atoms with Gasteiger partial charge in [0.25, 0.3) is 0 Å². The topological polar surface area (TPSA) is 80.9 Å². The molecule has 3 rings (SSSR count). The highest BCUT2D eigenvalue weighted by atomic mass is 32.2. The van der Waals surface area contributed by atoms with E-state index in [2.05, 4.69) is 15.5 Å². The van der Waals surface area contributed by atoms with Gasteiger partial charge in [0, 0.05) is 4.90 Å². The monoisotopic (exact) mass is 290 g/mol. The van der Waals surface area contributed by atoms with Gasteiger partial charge in [0.05, 0.1) is 18.2 Å². The Morgan fingerprint density at radius 2 is 2.10 bits per heavy atom. The van der Waals surface area contributed by atoms with Crippen molar-refractivity contribution in [1.29, 1.82) is 0 Å². The van der Waals surface area contributed by atoms with Crippen molar-refractivity contribution in [1.82, 2.24) is 20.2 Å². The molecule has 1 fully saturated rings. The van der Waals surface area contributed by atoms with Crippen LogP contribution in [0.15, 0.2) is 29.2 Å². The summed E-state index contributed by atoms with van der Waals surface area (Å²) in [5.74, 6) is 0.808. The fourth-order valence-corrected chi connectivity index (χ4v) is 2.75. The molecular weight excluding hydrogens is 276 g/mol. The lowest BCUT2D eigenvalue weighted by atomic mass is 10.2. The molecule has 1 N–H and O–H groups in total. The summed E-state index contributed by atoms with van der Waals surface area (Å²) in [5.41, 5.74) is 0.810. The number of carboxylic acids is 1. The highest BCUT2D eigenvalue weighted by Crippen LogP contribution is 2.35. The number of thioether (sulfide) groups is 1. The average Bonchev–Trinajstić information content (AvgIpc) is 3.16. The maximum absolute atomic E-state index is 10.6. The van der Waals surface area contributed by atoms with E-state index in [0.717, 1.165) is 34.9 Å². The molecule has 1 saturated carbocycles. The Morgan fingerprint density at radius 3 is 2.75 bits per heavy atom. The second kappa shape index (κ2) is 5.62. The van der Waals surface area contributed by atoms with E-state index in [1.807, 2.05) is 28.9 Å². The normalized spacial score (nSPS) is 14.4. The third kappa shape index (κ3) is 3.16. The lowest BCUT2D eigenvalue weighted by molar-refractivity contribution is -0.136. The highest BCUT2D eigenvalue weighted by molar-refractivity contribution is 7.98. The van der Waals surface area contributed by atoms with E-state index in [4.69, 9.17) is 5.11 Å². The summed E-state index contributed by atoms with van der Waals surface area (Å²) >= 11 is 1.65. The molecule has 6 nitrogen and oxygen atoms in total. The van der Waals surface area contributed by atoms with Crippen LogP contribution in [0.5, 0.6) is 0 Å². The van der Waals surface area contributed by atoms with Gasteiger partial charge in [0.1, 0.15) is 0 Å². The SMILES string of the molecule is O=C(O)Cc1ccc(SCc2nnnn2C2CC2)cc1. The highest BCUT2D eigenvalue weighted by Gasteiger charge is 2.27. The minimum absolute atomic E-state index is 0.0604. The molecule has 0 saturated heterocycles. The van der Waals surface area contributed by atoms with E-state index >= 15 is 0 Å². The van der Waals surface area contributed by atoms with Gasteiger partial charge >= 0.3 is 5.97 Å². The number of aromatic nitrogens is 4. The number of carbonyl (C=O) groups is 1. The van der Waals surface area contributed by atoms with Crippen LogP contribution in [0, 0.1) is 0 Å². The Kier molecular flexibility index (Phi) is 3.68. The Hall–Kier alpha value is -1.89. The molecule has 0 spiro atoms. The number of aliphatic carboxylic acids is 1. The quantitative estimate of drug-likeness (QED) is 0.819. The lowest BCUT2D eigenvalue weighted by Gasteiger charge is -2.03. The van der Waals surface area contributed by atoms with Crippen molar-refractivity contribution in [2.75, 3.05) is 0 Å². The number of nitrogens with zero attached hydrogens (tertiary/aromatic N) is 4. The van der Waals surface area contributed by atoms with Crippen LogP contribution in [-0.4, -0.2) is 31.3 Å². The second-order valence-corrected chi connectivity index (χ2v) is 5.82. The summed E-state index contributed by atoms with van der Waals surface area (Å²) in [5, 5.41) is 20.5. The van der Waals surface area contributed by atoms with Gasteiger partial charge in [-0.15, -0.1) is 16.9 Å². The first kappa shape index (κ1) is 13.1. The summed E-state index contributed by atoms with van der Waals surface area (Å²) in [6.45, 7) is 0. The zero-order valence-corrected chi connectivity index (χ0v) is 11.6. The first-order valence-electron chi connectivity index (χ1n) is 6.42. The molecule has 7 heteroatoms. The number of hydrogen-bond acceptors (Lipinski definition) is 5. The zero-order valence-electron chi connectivity index (χ0n) is 10.8. The second-order valence-electron chi connectivity index (χ2n) is 4.77. The van der Waals surface area contributed by atoms with Gasteiger partial charge in [0.2, 0.25) is 0 Å². The van der Waals surface area contributed by atoms with E-state index in [-0.39, 0.29) is 6.42 Å². The minimum Gasteiger partial charge on any atom is -0.481 e. The van der Waals surface area contributed by atoms with Crippen LogP contribution < -0.4 is 0 Å². The Bertz CT molecular complexity index is 607. The maximum Gasteiger partial charge on any atom is 0.307 e. The third-order valence-electron chi connectivity index (χ3n) is 3.10. The minimum atomic E-state index is -0.811. The van der Waals surface area contributed by atoms with Crippen molar-refractivity contribution >= 4 is 17.7 Å². The summed E-state index contributed by atoms with van der Waals surface area (Å²) in [6, 6.07) is 8.06. The fourth-order valence-electron chi connectivity index (χ4n) is 1.94. The predicted octanol–water partition coefficient (Wildman–Crippen LogP) is 1.93. The number of rotatable bonds is 6. The first-order chi connectivity index (χ1) is 9.72. The smallest absolute Gasteiger partial charge is 0.307 e. The van der Waals surface area contributed by atoms with E-state index in [9.17, 15) is 4.79 Å². The van der Waals surface area contributed by atoms with Crippen LogP contribution in [-0.2, 0) is 17.0 Å². The molecule has 1 aliphatic rings. The number of tetrazole rings is 1. The van der Waals surface area contributed by atoms with Crippen molar-refractivity contribution in [3.63, 3.8) is 0 Å². The summed E-state index contributed by atoms with van der Waals surface area (Å²) in [6.07, 6.45) is 2.38. The van der Waals surface area contributed by atoms with E-state index < -0.39 is 5.97 Å². The van der Waals surface area contributed by atoms with Crippen molar-refractivity contribution < 1.29 is 9.90 Å². The van der Waals surface area contributed by atoms with E-state index in [0.29, 0.717) is 6.04 Å². The number of carboxylic acid groups (broad SMARTS) is 1. The molecule has 0 radical (unpaired) electrons. The van der Waals surface area contributed by atoms with Crippen LogP contribution in [0.25, 0.3) is 0 Å². The summed E-state index contributed by atoms with van der Waals surface area (Å²) in [7, 11) is 0. The van der Waals surface area contributed by atoms with E-state index in [1.54, 1.807) is 11.8 Å². The standard InChI is InChI=1S/C13H14N4O2S/c18-13(19)7-9-1-5-11(6-2-9)20-8-12-14-15-16-17(12)10-3-4-10/h1-2,5-6,10H,3-4,7-8H2,(H,18,19). The van der Waals surface area contributed by atoms with Crippen LogP contribution in [0.3, 0.4) is 0 Å². The third-order valence-corrected chi connectivity index (χ3v) is 4.11. The molecule has 0 amide bonds. The van der Waals surface area contributed by atoms with Gasteiger partial charge in [0.15, 0.2) is 5.82 Å². The van der Waals surface area contributed by atoms with Gasteiger partial charge in [-0.05, 0) is 41.0 Å². The largest absolute Gasteiger partial charge is 0.481 e. The molecular formula is C13H14N4O2S. The van der Waals surface area contributed by atoms with Gasteiger partial charge in [-0.1, -0.05) is 12.1 Å². The molecule has 104 valence electrons. The van der Waals surface area contributed by atoms with Crippen molar-refractivity contribution in [3.8, 4) is 0 Å². The predicted molar refractivity (Wildman–Crippen MR) is 73.4 cm³/mol.